The van der Waals surface area contributed by atoms with Crippen LogP contribution < -0.4 is 20.9 Å². The zero-order valence-electron chi connectivity index (χ0n) is 29.4. The molecule has 13 heteroatoms. The summed E-state index contributed by atoms with van der Waals surface area (Å²) in [6.07, 6.45) is 1.43. The molecule has 7 N–H and O–H groups in total. The first-order chi connectivity index (χ1) is 26.0. The van der Waals surface area contributed by atoms with Gasteiger partial charge in [-0.1, -0.05) is 66.7 Å². The monoisotopic (exact) mass is 732 g/mol. The molecule has 0 saturated carbocycles. The number of pyridine rings is 1. The highest BCUT2D eigenvalue weighted by Crippen LogP contribution is 2.33. The van der Waals surface area contributed by atoms with E-state index in [4.69, 9.17) is 4.74 Å². The summed E-state index contributed by atoms with van der Waals surface area (Å²) in [7, 11) is 1.48. The third-order valence-corrected chi connectivity index (χ3v) is 9.58. The van der Waals surface area contributed by atoms with Crippen molar-refractivity contribution in [2.24, 2.45) is 0 Å². The van der Waals surface area contributed by atoms with Crippen LogP contribution in [-0.4, -0.2) is 81.4 Å². The maximum Gasteiger partial charge on any atom is 0.345 e. The maximum absolute atomic E-state index is 13.1. The lowest BCUT2D eigenvalue weighted by Gasteiger charge is -2.28. The number of fused-ring (bicyclic) bond motifs is 1. The number of nitrogens with one attached hydrogen (secondary N) is 3. The molecule has 0 radical (unpaired) electrons. The summed E-state index contributed by atoms with van der Waals surface area (Å²) in [5.41, 5.74) is 1.33. The van der Waals surface area contributed by atoms with Crippen molar-refractivity contribution in [3.63, 3.8) is 0 Å². The van der Waals surface area contributed by atoms with Crippen LogP contribution in [0.25, 0.3) is 16.5 Å². The summed E-state index contributed by atoms with van der Waals surface area (Å²) in [6.45, 7) is 0.913. The van der Waals surface area contributed by atoms with Gasteiger partial charge in [-0.2, -0.15) is 0 Å². The SMILES string of the molecule is COc1cc(C(=O)NCC(=O)N2CC=C(c3cccc([C@](O)(C(=O)O)c4ccccc4)c3)CC2)ccc1CNC[C@H](O)c1ccc(O)c2[nH]c(=O)ccc12. The molecule has 1 aliphatic rings. The van der Waals surface area contributed by atoms with Gasteiger partial charge in [0.25, 0.3) is 5.91 Å². The number of carbonyl (C=O) groups excluding carboxylic acids is 2. The molecule has 0 saturated heterocycles. The van der Waals surface area contributed by atoms with Gasteiger partial charge in [0.1, 0.15) is 11.5 Å². The van der Waals surface area contributed by atoms with Gasteiger partial charge in [0.15, 0.2) is 0 Å². The summed E-state index contributed by atoms with van der Waals surface area (Å²) >= 11 is 0. The Labute approximate surface area is 310 Å². The predicted octanol–water partition coefficient (Wildman–Crippen LogP) is 3.43. The number of carboxylic acid groups (broad SMARTS) is 1. The van der Waals surface area contributed by atoms with E-state index in [1.807, 2.05) is 12.1 Å². The van der Waals surface area contributed by atoms with Crippen LogP contribution in [0.5, 0.6) is 11.5 Å². The molecule has 4 aromatic carbocycles. The van der Waals surface area contributed by atoms with Crippen LogP contribution in [0.4, 0.5) is 0 Å². The molecule has 0 bridgehead atoms. The number of ether oxygens (including phenoxy) is 1. The molecule has 1 aromatic heterocycles. The number of hydrogen-bond donors (Lipinski definition) is 7. The summed E-state index contributed by atoms with van der Waals surface area (Å²) in [4.78, 5) is 54.2. The number of aliphatic hydroxyl groups is 2. The second kappa shape index (κ2) is 16.2. The van der Waals surface area contributed by atoms with Crippen LogP contribution >= 0.6 is 0 Å². The molecule has 0 spiro atoms. The third kappa shape index (κ3) is 7.88. The number of carboxylic acids is 1. The van der Waals surface area contributed by atoms with Gasteiger partial charge < -0.3 is 45.7 Å². The lowest BCUT2D eigenvalue weighted by Crippen LogP contribution is -2.42. The van der Waals surface area contributed by atoms with Gasteiger partial charge in [-0.25, -0.2) is 4.79 Å². The topological polar surface area (TPSA) is 202 Å². The molecule has 0 aliphatic carbocycles. The molecule has 0 unspecified atom stereocenters. The third-order valence-electron chi connectivity index (χ3n) is 9.58. The molecule has 278 valence electrons. The van der Waals surface area contributed by atoms with Crippen molar-refractivity contribution >= 4 is 34.3 Å². The lowest BCUT2D eigenvalue weighted by atomic mass is 9.84. The Bertz CT molecular complexity index is 2290. The van der Waals surface area contributed by atoms with Gasteiger partial charge in [-0.05, 0) is 59.0 Å². The maximum atomic E-state index is 13.1. The number of aromatic hydroxyl groups is 1. The number of methoxy groups -OCH3 is 1. The largest absolute Gasteiger partial charge is 0.506 e. The van der Waals surface area contributed by atoms with Gasteiger partial charge in [0.2, 0.25) is 17.1 Å². The Morgan fingerprint density at radius 3 is 2.46 bits per heavy atom. The van der Waals surface area contributed by atoms with Crippen molar-refractivity contribution in [2.75, 3.05) is 33.3 Å². The number of aliphatic carboxylic acids is 1. The number of aromatic amines is 1. The van der Waals surface area contributed by atoms with E-state index in [0.29, 0.717) is 48.3 Å². The van der Waals surface area contributed by atoms with Crippen molar-refractivity contribution < 1.29 is 39.5 Å². The number of rotatable bonds is 13. The summed E-state index contributed by atoms with van der Waals surface area (Å²) < 4.78 is 5.52. The molecule has 54 heavy (non-hydrogen) atoms. The van der Waals surface area contributed by atoms with Gasteiger partial charge in [0.05, 0.1) is 25.3 Å². The first kappa shape index (κ1) is 37.5. The number of carbonyl (C=O) groups is 3. The fourth-order valence-electron chi connectivity index (χ4n) is 6.60. The van der Waals surface area contributed by atoms with Crippen LogP contribution in [0.1, 0.15) is 50.7 Å². The molecule has 2 heterocycles. The normalized spacial score (nSPS) is 14.5. The summed E-state index contributed by atoms with van der Waals surface area (Å²) in [5, 5.41) is 48.6. The Balaban J connectivity index is 1.02. The number of phenolic OH excluding ortho intramolecular Hbond substituents is 1. The predicted molar refractivity (Wildman–Crippen MR) is 201 cm³/mol. The first-order valence-electron chi connectivity index (χ1n) is 17.3. The van der Waals surface area contributed by atoms with Crippen LogP contribution in [0.3, 0.4) is 0 Å². The molecule has 0 fully saturated rings. The highest BCUT2D eigenvalue weighted by atomic mass is 16.5. The average Bonchev–Trinajstić information content (AvgIpc) is 3.20. The number of nitrogens with zero attached hydrogens (tertiary/aromatic N) is 1. The number of H-pyrrole nitrogens is 1. The van der Waals surface area contributed by atoms with Crippen molar-refractivity contribution in [3.05, 3.63) is 147 Å². The minimum Gasteiger partial charge on any atom is -0.506 e. The number of hydrogen-bond acceptors (Lipinski definition) is 9. The zero-order chi connectivity index (χ0) is 38.4. The van der Waals surface area contributed by atoms with Gasteiger partial charge in [-0.3, -0.25) is 14.4 Å². The Morgan fingerprint density at radius 2 is 1.74 bits per heavy atom. The summed E-state index contributed by atoms with van der Waals surface area (Å²) in [5.74, 6) is -1.77. The van der Waals surface area contributed by atoms with E-state index in [0.717, 1.165) is 16.7 Å². The smallest absolute Gasteiger partial charge is 0.345 e. The first-order valence-corrected chi connectivity index (χ1v) is 17.3. The molecule has 1 aliphatic heterocycles. The van der Waals surface area contributed by atoms with Crippen molar-refractivity contribution in [3.8, 4) is 11.5 Å². The Kier molecular flexibility index (Phi) is 11.2. The summed E-state index contributed by atoms with van der Waals surface area (Å²) in [6, 6.07) is 25.8. The zero-order valence-corrected chi connectivity index (χ0v) is 29.4. The average molecular weight is 733 g/mol. The highest BCUT2D eigenvalue weighted by Gasteiger charge is 2.40. The second-order valence-corrected chi connectivity index (χ2v) is 12.9. The minimum atomic E-state index is -2.23. The van der Waals surface area contributed by atoms with Gasteiger partial charge >= 0.3 is 5.97 Å². The van der Waals surface area contributed by atoms with E-state index < -0.39 is 23.6 Å². The van der Waals surface area contributed by atoms with Crippen LogP contribution in [0, 0.1) is 0 Å². The van der Waals surface area contributed by atoms with E-state index >= 15 is 0 Å². The standard InChI is InChI=1S/C41H40N4O9/c1-54-35-21-27(10-11-28(35)22-42-23-34(47)31-12-14-33(46)38-32(31)13-15-36(48)44-38)39(50)43-24-37(49)45-18-16-25(17-19-45)26-6-5-9-30(20-26)41(53,40(51)52)29-7-3-2-4-8-29/h2-16,20-21,34,42,46-47,53H,17-19,22-24H2,1H3,(H,43,50)(H,44,48)(H,51,52)/t34-,41-/m0/s1. The van der Waals surface area contributed by atoms with Crippen molar-refractivity contribution in [1.82, 2.24) is 20.5 Å². The van der Waals surface area contributed by atoms with Gasteiger partial charge in [0, 0.05) is 54.3 Å². The molecular weight excluding hydrogens is 692 g/mol. The highest BCUT2D eigenvalue weighted by molar-refractivity contribution is 5.97. The molecule has 2 amide bonds. The Morgan fingerprint density at radius 1 is 0.963 bits per heavy atom. The molecular formula is C41H40N4O9. The molecule has 5 aromatic rings. The van der Waals surface area contributed by atoms with E-state index in [1.54, 1.807) is 83.8 Å². The Hall–Kier alpha value is -6.28. The minimum absolute atomic E-state index is 0.0954. The molecule has 2 atom stereocenters. The van der Waals surface area contributed by atoms with E-state index in [-0.39, 0.29) is 46.9 Å². The van der Waals surface area contributed by atoms with Crippen LogP contribution in [0.2, 0.25) is 0 Å². The van der Waals surface area contributed by atoms with Crippen LogP contribution in [-0.2, 0) is 21.7 Å². The molecule has 6 rings (SSSR count). The number of aliphatic hydroxyl groups excluding tert-OH is 1. The second-order valence-electron chi connectivity index (χ2n) is 12.9. The fourth-order valence-corrected chi connectivity index (χ4v) is 6.60. The van der Waals surface area contributed by atoms with Gasteiger partial charge in [-0.15, -0.1) is 0 Å². The number of aromatic nitrogens is 1. The van der Waals surface area contributed by atoms with Crippen molar-refractivity contribution in [1.29, 1.82) is 0 Å². The molecule has 13 nitrogen and oxygen atoms in total. The lowest BCUT2D eigenvalue weighted by molar-refractivity contribution is -0.155. The van der Waals surface area contributed by atoms with E-state index in [1.165, 1.54) is 19.2 Å². The fraction of sp³-hybridized carbons (Fsp3) is 0.220. The van der Waals surface area contributed by atoms with Crippen molar-refractivity contribution in [2.45, 2.75) is 24.7 Å². The number of phenols is 1. The number of amides is 2. The quantitative estimate of drug-likeness (QED) is 0.0941. The number of benzene rings is 4. The van der Waals surface area contributed by atoms with E-state index in [9.17, 15) is 39.6 Å². The van der Waals surface area contributed by atoms with Crippen LogP contribution in [0.15, 0.2) is 108 Å². The van der Waals surface area contributed by atoms with E-state index in [2.05, 4.69) is 15.6 Å².